The van der Waals surface area contributed by atoms with Crippen LogP contribution in [0.2, 0.25) is 0 Å². The zero-order valence-corrected chi connectivity index (χ0v) is 15.4. The average molecular weight is 409 g/mol. The number of nitrogens with zero attached hydrogens (tertiary/aromatic N) is 3. The highest BCUT2D eigenvalue weighted by molar-refractivity contribution is 5.94. The first-order valence-corrected chi connectivity index (χ1v) is 8.83. The van der Waals surface area contributed by atoms with Gasteiger partial charge >= 0.3 is 6.18 Å². The number of ether oxygens (including phenoxy) is 1. The minimum atomic E-state index is -4.48. The second kappa shape index (κ2) is 8.41. The molecule has 1 atom stereocenters. The highest BCUT2D eigenvalue weighted by Crippen LogP contribution is 2.29. The zero-order chi connectivity index (χ0) is 21.0. The number of pyridine rings is 1. The standard InChI is InChI=1S/C18H18F3N5O3/c1-10(18(19,20)21)29-14-5-2-11(8-23-14)9-24-16(28)13-6-7-22-17(25-13)26-15(27)12-3-4-12/h2,5-8,10,12H,3-4,9H2,1H3,(H,24,28)(H,22,25,26,27). The monoisotopic (exact) mass is 409 g/mol. The first kappa shape index (κ1) is 20.5. The Morgan fingerprint density at radius 2 is 2.00 bits per heavy atom. The molecule has 29 heavy (non-hydrogen) atoms. The van der Waals surface area contributed by atoms with E-state index in [4.69, 9.17) is 4.74 Å². The van der Waals surface area contributed by atoms with Gasteiger partial charge in [-0.25, -0.2) is 15.0 Å². The van der Waals surface area contributed by atoms with E-state index in [1.165, 1.54) is 30.6 Å². The first-order valence-electron chi connectivity index (χ1n) is 8.83. The smallest absolute Gasteiger partial charge is 0.425 e. The van der Waals surface area contributed by atoms with Crippen molar-refractivity contribution in [2.75, 3.05) is 5.32 Å². The van der Waals surface area contributed by atoms with Crippen molar-refractivity contribution in [3.8, 4) is 5.88 Å². The molecule has 0 bridgehead atoms. The second-order valence-corrected chi connectivity index (χ2v) is 6.52. The van der Waals surface area contributed by atoms with Crippen LogP contribution in [0.3, 0.4) is 0 Å². The Hall–Kier alpha value is -3.24. The summed E-state index contributed by atoms with van der Waals surface area (Å²) in [6.45, 7) is 0.966. The molecule has 2 aromatic heterocycles. The van der Waals surface area contributed by atoms with Gasteiger partial charge in [0.05, 0.1) is 0 Å². The molecule has 1 aliphatic rings. The molecular formula is C18H18F3N5O3. The van der Waals surface area contributed by atoms with Crippen LogP contribution in [-0.4, -0.2) is 39.0 Å². The number of hydrogen-bond acceptors (Lipinski definition) is 6. The molecule has 2 aromatic rings. The maximum absolute atomic E-state index is 12.5. The fourth-order valence-electron chi connectivity index (χ4n) is 2.21. The molecule has 11 heteroatoms. The highest BCUT2D eigenvalue weighted by Gasteiger charge is 2.38. The Morgan fingerprint density at radius 1 is 1.24 bits per heavy atom. The van der Waals surface area contributed by atoms with Crippen LogP contribution >= 0.6 is 0 Å². The number of carbonyl (C=O) groups is 2. The predicted octanol–water partition coefficient (Wildman–Crippen LogP) is 2.48. The summed E-state index contributed by atoms with van der Waals surface area (Å²) in [5.41, 5.74) is 0.625. The number of nitrogens with one attached hydrogen (secondary N) is 2. The van der Waals surface area contributed by atoms with Crippen molar-refractivity contribution in [1.82, 2.24) is 20.3 Å². The van der Waals surface area contributed by atoms with Gasteiger partial charge in [0.25, 0.3) is 5.91 Å². The van der Waals surface area contributed by atoms with Crippen molar-refractivity contribution in [3.05, 3.63) is 41.9 Å². The third-order valence-electron chi connectivity index (χ3n) is 4.08. The summed E-state index contributed by atoms with van der Waals surface area (Å²) in [6.07, 6.45) is -2.13. The quantitative estimate of drug-likeness (QED) is 0.728. The fourth-order valence-corrected chi connectivity index (χ4v) is 2.21. The maximum atomic E-state index is 12.5. The molecule has 0 aromatic carbocycles. The van der Waals surface area contributed by atoms with E-state index in [9.17, 15) is 22.8 Å². The molecule has 2 N–H and O–H groups in total. The fraction of sp³-hybridized carbons (Fsp3) is 0.389. The molecule has 0 spiro atoms. The van der Waals surface area contributed by atoms with Crippen LogP contribution in [0.15, 0.2) is 30.6 Å². The van der Waals surface area contributed by atoms with Crippen molar-refractivity contribution >= 4 is 17.8 Å². The highest BCUT2D eigenvalue weighted by atomic mass is 19.4. The molecule has 1 aliphatic carbocycles. The van der Waals surface area contributed by atoms with Crippen molar-refractivity contribution in [1.29, 1.82) is 0 Å². The molecule has 1 fully saturated rings. The summed E-state index contributed by atoms with van der Waals surface area (Å²) in [4.78, 5) is 35.7. The number of alkyl halides is 3. The molecule has 1 unspecified atom stereocenters. The molecule has 154 valence electrons. The van der Waals surface area contributed by atoms with E-state index in [2.05, 4.69) is 25.6 Å². The van der Waals surface area contributed by atoms with Gasteiger partial charge in [-0.1, -0.05) is 6.07 Å². The molecule has 0 saturated heterocycles. The molecule has 8 nitrogen and oxygen atoms in total. The van der Waals surface area contributed by atoms with Crippen LogP contribution in [0.4, 0.5) is 19.1 Å². The van der Waals surface area contributed by atoms with Crippen LogP contribution in [0.1, 0.15) is 35.8 Å². The number of anilines is 1. The Labute approximate surface area is 163 Å². The Bertz CT molecular complexity index is 885. The number of rotatable bonds is 7. The van der Waals surface area contributed by atoms with E-state index in [1.807, 2.05) is 0 Å². The normalized spacial score (nSPS) is 14.8. The Balaban J connectivity index is 1.53. The predicted molar refractivity (Wildman–Crippen MR) is 94.9 cm³/mol. The van der Waals surface area contributed by atoms with E-state index in [0.29, 0.717) is 5.56 Å². The van der Waals surface area contributed by atoms with E-state index >= 15 is 0 Å². The molecule has 3 rings (SSSR count). The summed E-state index contributed by atoms with van der Waals surface area (Å²) >= 11 is 0. The summed E-state index contributed by atoms with van der Waals surface area (Å²) < 4.78 is 42.2. The van der Waals surface area contributed by atoms with Gasteiger partial charge in [-0.05, 0) is 31.4 Å². The number of amides is 2. The minimum Gasteiger partial charge on any atom is -0.465 e. The van der Waals surface area contributed by atoms with Gasteiger partial charge in [0.15, 0.2) is 6.10 Å². The van der Waals surface area contributed by atoms with Crippen molar-refractivity contribution < 1.29 is 27.5 Å². The number of halogens is 3. The topological polar surface area (TPSA) is 106 Å². The third kappa shape index (κ3) is 5.87. The lowest BCUT2D eigenvalue weighted by Gasteiger charge is -2.16. The summed E-state index contributed by atoms with van der Waals surface area (Å²) in [5, 5.41) is 5.17. The van der Waals surface area contributed by atoms with E-state index in [1.54, 1.807) is 0 Å². The number of hydrogen-bond donors (Lipinski definition) is 2. The van der Waals surface area contributed by atoms with Gasteiger partial charge < -0.3 is 10.1 Å². The summed E-state index contributed by atoms with van der Waals surface area (Å²) in [7, 11) is 0. The van der Waals surface area contributed by atoms with Gasteiger partial charge in [-0.3, -0.25) is 14.9 Å². The molecular weight excluding hydrogens is 391 g/mol. The molecule has 0 aliphatic heterocycles. The van der Waals surface area contributed by atoms with Gasteiger partial charge in [-0.2, -0.15) is 13.2 Å². The molecule has 1 saturated carbocycles. The van der Waals surface area contributed by atoms with Crippen LogP contribution in [0.5, 0.6) is 5.88 Å². The summed E-state index contributed by atoms with van der Waals surface area (Å²) in [5.74, 6) is -0.806. The minimum absolute atomic E-state index is 0.0188. The lowest BCUT2D eigenvalue weighted by Crippen LogP contribution is -2.31. The largest absolute Gasteiger partial charge is 0.465 e. The van der Waals surface area contributed by atoms with Gasteiger partial charge in [-0.15, -0.1) is 0 Å². The van der Waals surface area contributed by atoms with Gasteiger partial charge in [0.1, 0.15) is 5.69 Å². The van der Waals surface area contributed by atoms with E-state index < -0.39 is 18.2 Å². The first-order chi connectivity index (χ1) is 13.7. The van der Waals surface area contributed by atoms with E-state index in [0.717, 1.165) is 19.8 Å². The van der Waals surface area contributed by atoms with Crippen molar-refractivity contribution in [2.45, 2.75) is 38.6 Å². The second-order valence-electron chi connectivity index (χ2n) is 6.52. The van der Waals surface area contributed by atoms with Crippen LogP contribution in [0, 0.1) is 5.92 Å². The molecule has 2 amide bonds. The van der Waals surface area contributed by atoms with Crippen molar-refractivity contribution in [2.24, 2.45) is 5.92 Å². The van der Waals surface area contributed by atoms with Crippen LogP contribution in [-0.2, 0) is 11.3 Å². The number of carbonyl (C=O) groups excluding carboxylic acids is 2. The maximum Gasteiger partial charge on any atom is 0.425 e. The molecule has 0 radical (unpaired) electrons. The number of aromatic nitrogens is 3. The van der Waals surface area contributed by atoms with Crippen LogP contribution in [0.25, 0.3) is 0 Å². The zero-order valence-electron chi connectivity index (χ0n) is 15.4. The van der Waals surface area contributed by atoms with Crippen LogP contribution < -0.4 is 15.4 Å². The average Bonchev–Trinajstić information content (AvgIpc) is 3.52. The Morgan fingerprint density at radius 3 is 2.62 bits per heavy atom. The third-order valence-corrected chi connectivity index (χ3v) is 4.08. The van der Waals surface area contributed by atoms with Gasteiger partial charge in [0.2, 0.25) is 17.7 Å². The lowest BCUT2D eigenvalue weighted by atomic mass is 10.2. The SMILES string of the molecule is CC(Oc1ccc(CNC(=O)c2ccnc(NC(=O)C3CC3)n2)cn1)C(F)(F)F. The molecule has 2 heterocycles. The van der Waals surface area contributed by atoms with E-state index in [-0.39, 0.29) is 35.9 Å². The Kier molecular flexibility index (Phi) is 5.95. The van der Waals surface area contributed by atoms with Crippen molar-refractivity contribution in [3.63, 3.8) is 0 Å². The summed E-state index contributed by atoms with van der Waals surface area (Å²) in [6, 6.07) is 4.18. The van der Waals surface area contributed by atoms with Gasteiger partial charge in [0, 0.05) is 30.9 Å². The lowest BCUT2D eigenvalue weighted by molar-refractivity contribution is -0.189.